The Hall–Kier alpha value is -1.46. The van der Waals surface area contributed by atoms with Crippen LogP contribution >= 0.6 is 0 Å². The second kappa shape index (κ2) is 7.21. The molecule has 0 saturated carbocycles. The van der Waals surface area contributed by atoms with E-state index in [2.05, 4.69) is 0 Å². The van der Waals surface area contributed by atoms with Gasteiger partial charge in [-0.3, -0.25) is 0 Å². The van der Waals surface area contributed by atoms with Crippen LogP contribution in [0.4, 0.5) is 0 Å². The minimum atomic E-state index is -0.660. The third-order valence-corrected chi connectivity index (χ3v) is 2.83. The molecule has 108 valence electrons. The highest BCUT2D eigenvalue weighted by atomic mass is 16.5. The SMILES string of the molecule is CCO[C@H](c1cc(OC)c(OC)cc1OC)[C@H](C)O. The van der Waals surface area contributed by atoms with Gasteiger partial charge in [0, 0.05) is 18.2 Å². The van der Waals surface area contributed by atoms with Crippen molar-refractivity contribution in [1.82, 2.24) is 0 Å². The maximum absolute atomic E-state index is 9.85. The number of aliphatic hydroxyl groups excluding tert-OH is 1. The highest BCUT2D eigenvalue weighted by molar-refractivity contribution is 5.51. The average Bonchev–Trinajstić information content (AvgIpc) is 2.42. The molecule has 5 nitrogen and oxygen atoms in total. The van der Waals surface area contributed by atoms with Gasteiger partial charge in [0.25, 0.3) is 0 Å². The lowest BCUT2D eigenvalue weighted by Gasteiger charge is -2.23. The standard InChI is InChI=1S/C14H22O5/c1-6-19-14(9(2)15)10-7-12(17-4)13(18-5)8-11(10)16-3/h7-9,14-15H,6H2,1-5H3/t9-,14-/m0/s1. The normalized spacial score (nSPS) is 13.8. The average molecular weight is 270 g/mol. The first-order chi connectivity index (χ1) is 9.08. The quantitative estimate of drug-likeness (QED) is 0.823. The van der Waals surface area contributed by atoms with Crippen LogP contribution in [0.1, 0.15) is 25.5 Å². The molecule has 0 aliphatic rings. The Balaban J connectivity index is 3.30. The summed E-state index contributed by atoms with van der Waals surface area (Å²) in [4.78, 5) is 0. The molecule has 0 fully saturated rings. The van der Waals surface area contributed by atoms with Gasteiger partial charge in [-0.15, -0.1) is 0 Å². The molecule has 2 atom stereocenters. The predicted octanol–water partition coefficient (Wildman–Crippen LogP) is 2.17. The summed E-state index contributed by atoms with van der Waals surface area (Å²) in [5, 5.41) is 9.85. The van der Waals surface area contributed by atoms with Gasteiger partial charge in [0.05, 0.1) is 27.4 Å². The van der Waals surface area contributed by atoms with Gasteiger partial charge >= 0.3 is 0 Å². The van der Waals surface area contributed by atoms with Gasteiger partial charge in [0.2, 0.25) is 0 Å². The zero-order valence-electron chi connectivity index (χ0n) is 12.1. The molecule has 1 N–H and O–H groups in total. The summed E-state index contributed by atoms with van der Waals surface area (Å²) in [6, 6.07) is 3.49. The summed E-state index contributed by atoms with van der Waals surface area (Å²) in [7, 11) is 4.69. The van der Waals surface area contributed by atoms with Crippen molar-refractivity contribution in [2.75, 3.05) is 27.9 Å². The van der Waals surface area contributed by atoms with Crippen molar-refractivity contribution in [1.29, 1.82) is 0 Å². The summed E-state index contributed by atoms with van der Waals surface area (Å²) >= 11 is 0. The van der Waals surface area contributed by atoms with Gasteiger partial charge < -0.3 is 24.1 Å². The molecule has 0 amide bonds. The summed E-state index contributed by atoms with van der Waals surface area (Å²) in [5.41, 5.74) is 0.733. The van der Waals surface area contributed by atoms with Crippen molar-refractivity contribution in [2.24, 2.45) is 0 Å². The molecule has 0 heterocycles. The Morgan fingerprint density at radius 1 is 1.00 bits per heavy atom. The minimum absolute atomic E-state index is 0.472. The lowest BCUT2D eigenvalue weighted by atomic mass is 10.0. The van der Waals surface area contributed by atoms with Crippen LogP contribution in [-0.2, 0) is 4.74 Å². The molecule has 5 heteroatoms. The predicted molar refractivity (Wildman–Crippen MR) is 72.1 cm³/mol. The Morgan fingerprint density at radius 3 is 1.95 bits per heavy atom. The Bertz CT molecular complexity index is 403. The molecule has 0 saturated heterocycles. The van der Waals surface area contributed by atoms with E-state index in [9.17, 15) is 5.11 Å². The molecular formula is C14H22O5. The highest BCUT2D eigenvalue weighted by Crippen LogP contribution is 2.39. The molecule has 0 radical (unpaired) electrons. The van der Waals surface area contributed by atoms with E-state index in [1.807, 2.05) is 6.92 Å². The molecule has 0 bridgehead atoms. The molecular weight excluding hydrogens is 248 g/mol. The first kappa shape index (κ1) is 15.6. The molecule has 0 aliphatic carbocycles. The number of aliphatic hydroxyl groups is 1. The van der Waals surface area contributed by atoms with Crippen molar-refractivity contribution in [3.63, 3.8) is 0 Å². The van der Waals surface area contributed by atoms with Crippen molar-refractivity contribution in [2.45, 2.75) is 26.1 Å². The Kier molecular flexibility index (Phi) is 5.92. The fraction of sp³-hybridized carbons (Fsp3) is 0.571. The molecule has 0 aromatic heterocycles. The summed E-state index contributed by atoms with van der Waals surface area (Å²) in [5.74, 6) is 1.74. The number of hydrogen-bond donors (Lipinski definition) is 1. The van der Waals surface area contributed by atoms with Gasteiger partial charge in [-0.05, 0) is 19.9 Å². The monoisotopic (exact) mass is 270 g/mol. The summed E-state index contributed by atoms with van der Waals surface area (Å²) in [6.07, 6.45) is -1.13. The highest BCUT2D eigenvalue weighted by Gasteiger charge is 2.24. The van der Waals surface area contributed by atoms with E-state index < -0.39 is 12.2 Å². The second-order valence-corrected chi connectivity index (χ2v) is 4.07. The fourth-order valence-electron chi connectivity index (χ4n) is 1.94. The van der Waals surface area contributed by atoms with Crippen molar-refractivity contribution in [3.8, 4) is 17.2 Å². The molecule has 19 heavy (non-hydrogen) atoms. The topological polar surface area (TPSA) is 57.2 Å². The first-order valence-corrected chi connectivity index (χ1v) is 6.18. The Labute approximate surface area is 114 Å². The van der Waals surface area contributed by atoms with Crippen molar-refractivity contribution >= 4 is 0 Å². The van der Waals surface area contributed by atoms with E-state index in [1.165, 1.54) is 0 Å². The second-order valence-electron chi connectivity index (χ2n) is 4.07. The van der Waals surface area contributed by atoms with Gasteiger partial charge in [-0.2, -0.15) is 0 Å². The Morgan fingerprint density at radius 2 is 1.53 bits per heavy atom. The third kappa shape index (κ3) is 3.52. The van der Waals surface area contributed by atoms with Crippen LogP contribution in [0.2, 0.25) is 0 Å². The van der Waals surface area contributed by atoms with E-state index in [0.29, 0.717) is 23.9 Å². The van der Waals surface area contributed by atoms with E-state index in [0.717, 1.165) is 5.56 Å². The molecule has 1 aromatic carbocycles. The zero-order chi connectivity index (χ0) is 14.4. The van der Waals surface area contributed by atoms with E-state index in [1.54, 1.807) is 40.4 Å². The van der Waals surface area contributed by atoms with E-state index in [4.69, 9.17) is 18.9 Å². The van der Waals surface area contributed by atoms with E-state index in [-0.39, 0.29) is 0 Å². The van der Waals surface area contributed by atoms with Gasteiger partial charge in [0.15, 0.2) is 11.5 Å². The largest absolute Gasteiger partial charge is 0.496 e. The van der Waals surface area contributed by atoms with E-state index >= 15 is 0 Å². The maximum Gasteiger partial charge on any atom is 0.164 e. The fourth-order valence-corrected chi connectivity index (χ4v) is 1.94. The van der Waals surface area contributed by atoms with Crippen LogP contribution in [0.5, 0.6) is 17.2 Å². The third-order valence-electron chi connectivity index (χ3n) is 2.83. The van der Waals surface area contributed by atoms with Crippen LogP contribution in [0, 0.1) is 0 Å². The van der Waals surface area contributed by atoms with Crippen LogP contribution < -0.4 is 14.2 Å². The zero-order valence-corrected chi connectivity index (χ0v) is 12.1. The molecule has 1 rings (SSSR count). The minimum Gasteiger partial charge on any atom is -0.496 e. The van der Waals surface area contributed by atoms with Crippen LogP contribution in [0.15, 0.2) is 12.1 Å². The smallest absolute Gasteiger partial charge is 0.164 e. The van der Waals surface area contributed by atoms with Crippen molar-refractivity contribution in [3.05, 3.63) is 17.7 Å². The van der Waals surface area contributed by atoms with Crippen LogP contribution in [0.3, 0.4) is 0 Å². The molecule has 0 spiro atoms. The number of methoxy groups -OCH3 is 3. The molecule has 0 aliphatic heterocycles. The lowest BCUT2D eigenvalue weighted by Crippen LogP contribution is -2.19. The van der Waals surface area contributed by atoms with Gasteiger partial charge in [-0.25, -0.2) is 0 Å². The van der Waals surface area contributed by atoms with Crippen LogP contribution in [-0.4, -0.2) is 39.1 Å². The molecule has 1 aromatic rings. The summed E-state index contributed by atoms with van der Waals surface area (Å²) < 4.78 is 21.4. The maximum atomic E-state index is 9.85. The lowest BCUT2D eigenvalue weighted by molar-refractivity contribution is -0.0271. The number of hydrogen-bond acceptors (Lipinski definition) is 5. The number of benzene rings is 1. The first-order valence-electron chi connectivity index (χ1n) is 6.18. The van der Waals surface area contributed by atoms with Crippen LogP contribution in [0.25, 0.3) is 0 Å². The van der Waals surface area contributed by atoms with Gasteiger partial charge in [-0.1, -0.05) is 0 Å². The summed E-state index contributed by atoms with van der Waals surface area (Å²) in [6.45, 7) is 4.05. The number of ether oxygens (including phenoxy) is 4. The van der Waals surface area contributed by atoms with Gasteiger partial charge in [0.1, 0.15) is 11.9 Å². The van der Waals surface area contributed by atoms with Crippen molar-refractivity contribution < 1.29 is 24.1 Å². The molecule has 0 unspecified atom stereocenters. The number of rotatable bonds is 7.